The third-order valence-electron chi connectivity index (χ3n) is 5.12. The Bertz CT molecular complexity index is 802. The fourth-order valence-electron chi connectivity index (χ4n) is 3.33. The minimum Gasteiger partial charge on any atom is -0.469 e. The van der Waals surface area contributed by atoms with Crippen LogP contribution in [0.1, 0.15) is 41.9 Å². The van der Waals surface area contributed by atoms with Crippen LogP contribution in [-0.4, -0.2) is 60.8 Å². The van der Waals surface area contributed by atoms with E-state index in [1.165, 1.54) is 17.6 Å². The first-order valence-electron chi connectivity index (χ1n) is 9.96. The molecule has 0 unspecified atom stereocenters. The summed E-state index contributed by atoms with van der Waals surface area (Å²) in [4.78, 5) is 25.6. The molecule has 3 heterocycles. The van der Waals surface area contributed by atoms with Gasteiger partial charge in [0.15, 0.2) is 0 Å². The first-order valence-corrected chi connectivity index (χ1v) is 10.8. The molecule has 154 valence electrons. The molecule has 0 aromatic carbocycles. The predicted octanol–water partition coefficient (Wildman–Crippen LogP) is 3.29. The Labute approximate surface area is 170 Å². The van der Waals surface area contributed by atoms with Crippen molar-refractivity contribution < 1.29 is 14.3 Å². The third-order valence-corrected chi connectivity index (χ3v) is 6.22. The van der Waals surface area contributed by atoms with E-state index in [9.17, 15) is 4.79 Å². The van der Waals surface area contributed by atoms with E-state index in [1.54, 1.807) is 11.3 Å². The molecule has 1 N–H and O–H groups in total. The molecule has 0 aliphatic carbocycles. The number of unbranched alkanes of at least 4 members (excludes halogenated alkanes) is 2. The van der Waals surface area contributed by atoms with E-state index < -0.39 is 0 Å². The van der Waals surface area contributed by atoms with Crippen LogP contribution in [0.2, 0.25) is 0 Å². The average Bonchev–Trinajstić information content (AvgIpc) is 2.98. The normalized spacial score (nSPS) is 15.1. The molecule has 2 aromatic heterocycles. The van der Waals surface area contributed by atoms with Gasteiger partial charge in [-0.1, -0.05) is 6.42 Å². The van der Waals surface area contributed by atoms with Crippen LogP contribution in [0.5, 0.6) is 0 Å². The second-order valence-electron chi connectivity index (χ2n) is 7.15. The second kappa shape index (κ2) is 10.1. The van der Waals surface area contributed by atoms with Gasteiger partial charge in [-0.15, -0.1) is 11.3 Å². The van der Waals surface area contributed by atoms with Crippen LogP contribution < -0.4 is 5.32 Å². The van der Waals surface area contributed by atoms with Crippen molar-refractivity contribution in [3.05, 3.63) is 16.3 Å². The molecule has 0 radical (unpaired) electrons. The van der Waals surface area contributed by atoms with Crippen molar-refractivity contribution in [2.24, 2.45) is 0 Å². The van der Waals surface area contributed by atoms with Crippen molar-refractivity contribution in [3.8, 4) is 0 Å². The van der Waals surface area contributed by atoms with Crippen molar-refractivity contribution in [3.63, 3.8) is 0 Å². The Morgan fingerprint density at radius 1 is 1.21 bits per heavy atom. The highest BCUT2D eigenvalue weighted by Gasteiger charge is 2.17. The molecule has 3 rings (SSSR count). The van der Waals surface area contributed by atoms with Crippen LogP contribution in [0.15, 0.2) is 0 Å². The number of morpholine rings is 1. The summed E-state index contributed by atoms with van der Waals surface area (Å²) in [6.45, 7) is 9.26. The molecule has 2 aromatic rings. The van der Waals surface area contributed by atoms with Gasteiger partial charge in [0.2, 0.25) is 0 Å². The molecule has 1 saturated heterocycles. The van der Waals surface area contributed by atoms with Crippen LogP contribution in [0.4, 0.5) is 5.82 Å². The van der Waals surface area contributed by atoms with Gasteiger partial charge < -0.3 is 14.8 Å². The highest BCUT2D eigenvalue weighted by atomic mass is 32.1. The molecule has 1 aliphatic heterocycles. The zero-order chi connectivity index (χ0) is 19.9. The van der Waals surface area contributed by atoms with Crippen LogP contribution in [0.3, 0.4) is 0 Å². The molecule has 0 atom stereocenters. The van der Waals surface area contributed by atoms with Crippen molar-refractivity contribution in [2.45, 2.75) is 46.1 Å². The highest BCUT2D eigenvalue weighted by molar-refractivity contribution is 7.18. The van der Waals surface area contributed by atoms with Crippen molar-refractivity contribution >= 4 is 33.3 Å². The lowest BCUT2D eigenvalue weighted by Crippen LogP contribution is -2.36. The standard InChI is InChI=1S/C20H30N4O3S/c1-14-15(2)28-20-18(14)19(21-8-6-4-5-7-17(25)26-3)22-16(23-20)13-24-9-11-27-12-10-24/h4-13H2,1-3H3,(H,21,22,23). The number of ether oxygens (including phenoxy) is 2. The topological polar surface area (TPSA) is 76.6 Å². The summed E-state index contributed by atoms with van der Waals surface area (Å²) in [7, 11) is 1.43. The van der Waals surface area contributed by atoms with Gasteiger partial charge in [-0.25, -0.2) is 9.97 Å². The first-order chi connectivity index (χ1) is 13.6. The van der Waals surface area contributed by atoms with E-state index in [1.807, 2.05) is 0 Å². The van der Waals surface area contributed by atoms with E-state index in [-0.39, 0.29) is 5.97 Å². The molecular formula is C20H30N4O3S. The van der Waals surface area contributed by atoms with Crippen LogP contribution in [0, 0.1) is 13.8 Å². The smallest absolute Gasteiger partial charge is 0.305 e. The minimum absolute atomic E-state index is 0.136. The monoisotopic (exact) mass is 406 g/mol. The number of hydrogen-bond donors (Lipinski definition) is 1. The lowest BCUT2D eigenvalue weighted by Gasteiger charge is -2.25. The van der Waals surface area contributed by atoms with E-state index in [0.717, 1.165) is 80.5 Å². The number of thiophene rings is 1. The number of aryl methyl sites for hydroxylation is 2. The molecular weight excluding hydrogens is 376 g/mol. The van der Waals surface area contributed by atoms with Gasteiger partial charge in [-0.3, -0.25) is 9.69 Å². The van der Waals surface area contributed by atoms with E-state index in [4.69, 9.17) is 14.7 Å². The van der Waals surface area contributed by atoms with Gasteiger partial charge in [-0.2, -0.15) is 0 Å². The number of carbonyl (C=O) groups excluding carboxylic acids is 1. The summed E-state index contributed by atoms with van der Waals surface area (Å²) in [5.41, 5.74) is 1.26. The molecule has 1 fully saturated rings. The molecule has 0 bridgehead atoms. The van der Waals surface area contributed by atoms with Gasteiger partial charge in [0.25, 0.3) is 0 Å². The summed E-state index contributed by atoms with van der Waals surface area (Å²) in [5, 5.41) is 4.66. The van der Waals surface area contributed by atoms with E-state index in [0.29, 0.717) is 6.42 Å². The number of nitrogens with zero attached hydrogens (tertiary/aromatic N) is 3. The summed E-state index contributed by atoms with van der Waals surface area (Å²) < 4.78 is 10.1. The Kier molecular flexibility index (Phi) is 7.58. The number of nitrogens with one attached hydrogen (secondary N) is 1. The highest BCUT2D eigenvalue weighted by Crippen LogP contribution is 2.33. The Morgan fingerprint density at radius 3 is 2.75 bits per heavy atom. The van der Waals surface area contributed by atoms with Gasteiger partial charge in [0.05, 0.1) is 32.3 Å². The summed E-state index contributed by atoms with van der Waals surface area (Å²) in [5.74, 6) is 1.66. The number of aromatic nitrogens is 2. The maximum absolute atomic E-state index is 11.2. The SMILES string of the molecule is COC(=O)CCCCCNc1nc(CN2CCOCC2)nc2sc(C)c(C)c12. The van der Waals surface area contributed by atoms with Gasteiger partial charge in [0.1, 0.15) is 16.5 Å². The number of rotatable bonds is 9. The quantitative estimate of drug-likeness (QED) is 0.506. The molecule has 1 aliphatic rings. The lowest BCUT2D eigenvalue weighted by molar-refractivity contribution is -0.140. The van der Waals surface area contributed by atoms with Gasteiger partial charge in [-0.05, 0) is 32.3 Å². The first kappa shape index (κ1) is 21.0. The number of esters is 1. The summed E-state index contributed by atoms with van der Waals surface area (Å²) in [6, 6.07) is 0. The van der Waals surface area contributed by atoms with Gasteiger partial charge >= 0.3 is 5.97 Å². The Balaban J connectivity index is 1.65. The van der Waals surface area contributed by atoms with E-state index in [2.05, 4.69) is 28.8 Å². The molecule has 7 nitrogen and oxygen atoms in total. The fraction of sp³-hybridized carbons (Fsp3) is 0.650. The maximum Gasteiger partial charge on any atom is 0.305 e. The summed E-state index contributed by atoms with van der Waals surface area (Å²) in [6.07, 6.45) is 3.31. The average molecular weight is 407 g/mol. The number of carbonyl (C=O) groups is 1. The zero-order valence-corrected chi connectivity index (χ0v) is 17.9. The van der Waals surface area contributed by atoms with E-state index >= 15 is 0 Å². The largest absolute Gasteiger partial charge is 0.469 e. The Morgan fingerprint density at radius 2 is 2.00 bits per heavy atom. The predicted molar refractivity (Wildman–Crippen MR) is 112 cm³/mol. The molecule has 8 heteroatoms. The number of anilines is 1. The summed E-state index contributed by atoms with van der Waals surface area (Å²) >= 11 is 1.74. The van der Waals surface area contributed by atoms with Crippen molar-refractivity contribution in [1.29, 1.82) is 0 Å². The number of hydrogen-bond acceptors (Lipinski definition) is 8. The number of fused-ring (bicyclic) bond motifs is 1. The van der Waals surface area contributed by atoms with Crippen LogP contribution in [0.25, 0.3) is 10.2 Å². The zero-order valence-electron chi connectivity index (χ0n) is 17.0. The Hall–Kier alpha value is -1.77. The maximum atomic E-state index is 11.2. The fourth-order valence-corrected chi connectivity index (χ4v) is 4.38. The number of methoxy groups -OCH3 is 1. The molecule has 0 saturated carbocycles. The second-order valence-corrected chi connectivity index (χ2v) is 8.36. The third kappa shape index (κ3) is 5.40. The van der Waals surface area contributed by atoms with Gasteiger partial charge in [0, 0.05) is 30.9 Å². The molecule has 28 heavy (non-hydrogen) atoms. The van der Waals surface area contributed by atoms with Crippen LogP contribution >= 0.6 is 11.3 Å². The molecule has 0 spiro atoms. The minimum atomic E-state index is -0.136. The molecule has 0 amide bonds. The van der Waals surface area contributed by atoms with Crippen molar-refractivity contribution in [1.82, 2.24) is 14.9 Å². The lowest BCUT2D eigenvalue weighted by atomic mass is 10.2. The van der Waals surface area contributed by atoms with Crippen LogP contribution in [-0.2, 0) is 20.8 Å². The van der Waals surface area contributed by atoms with Crippen molar-refractivity contribution in [2.75, 3.05) is 45.3 Å².